The highest BCUT2D eigenvalue weighted by Gasteiger charge is 2.56. The number of nitrogens with zero attached hydrogens (tertiary/aromatic N) is 4. The van der Waals surface area contributed by atoms with Crippen molar-refractivity contribution in [2.45, 2.75) is 120 Å². The van der Waals surface area contributed by atoms with Crippen LogP contribution in [0.1, 0.15) is 90.9 Å². The van der Waals surface area contributed by atoms with Gasteiger partial charge in [-0.15, -0.1) is 0 Å². The number of carboxylic acids is 1. The minimum atomic E-state index is -1.52. The second kappa shape index (κ2) is 32.7. The fraction of sp³-hybridized carbons (Fsp3) is 0.567. The van der Waals surface area contributed by atoms with E-state index in [1.807, 2.05) is 36.4 Å². The van der Waals surface area contributed by atoms with Gasteiger partial charge in [-0.1, -0.05) is 12.1 Å². The van der Waals surface area contributed by atoms with Crippen LogP contribution < -0.4 is 34.3 Å². The summed E-state index contributed by atoms with van der Waals surface area (Å²) in [4.78, 5) is 87.6. The lowest BCUT2D eigenvalue weighted by Crippen LogP contribution is -2.63. The SMILES string of the molecule is COc1cc(C2c3cc4c(cc3C(OC3OC5COC(C)OC5C(O)C3O)C3COC(=O)C23)OCO4)cc(OC)c1CC(=O)N(C)CCN(C)C(=O)OCCC(=O)C[C@@H](O)NCCCOCCCN1Cc2cc(OCCCNc3ccccn3)ccc2CC(CC(=O)O)C1=O. The summed E-state index contributed by atoms with van der Waals surface area (Å²) in [5.74, 6) is -2.32. The normalized spacial score (nSPS) is 24.4. The summed E-state index contributed by atoms with van der Waals surface area (Å²) in [5.41, 5.74) is 4.08. The number of esters is 1. The summed E-state index contributed by atoms with van der Waals surface area (Å²) in [6.45, 7) is 4.52. The maximum absolute atomic E-state index is 14.0. The fourth-order valence-corrected chi connectivity index (χ4v) is 12.9. The van der Waals surface area contributed by atoms with Crippen molar-refractivity contribution in [2.75, 3.05) is 113 Å². The molecule has 516 valence electrons. The van der Waals surface area contributed by atoms with E-state index in [4.69, 9.17) is 56.8 Å². The molecular formula is C67H86N6O22. The van der Waals surface area contributed by atoms with Gasteiger partial charge in [-0.25, -0.2) is 9.78 Å². The number of pyridine rings is 1. The lowest BCUT2D eigenvalue weighted by atomic mass is 9.66. The predicted octanol–water partition coefficient (Wildman–Crippen LogP) is 3.71. The molecule has 0 saturated carbocycles. The Morgan fingerprint density at radius 3 is 2.33 bits per heavy atom. The fourth-order valence-electron chi connectivity index (χ4n) is 12.9. The number of hydrogen-bond acceptors (Lipinski definition) is 24. The number of aliphatic carboxylic acids is 1. The van der Waals surface area contributed by atoms with Gasteiger partial charge in [-0.2, -0.15) is 0 Å². The number of ketones is 1. The van der Waals surface area contributed by atoms with Gasteiger partial charge in [0.25, 0.3) is 0 Å². The lowest BCUT2D eigenvalue weighted by Gasteiger charge is -2.47. The minimum Gasteiger partial charge on any atom is -0.496 e. The van der Waals surface area contributed by atoms with Gasteiger partial charge in [0, 0.05) is 96.5 Å². The number of methoxy groups -OCH3 is 2. The number of benzene rings is 3. The smallest absolute Gasteiger partial charge is 0.409 e. The number of fused-ring (bicyclic) bond motifs is 5. The largest absolute Gasteiger partial charge is 0.496 e. The molecule has 1 aromatic heterocycles. The Hall–Kier alpha value is -7.93. The number of rotatable bonds is 32. The number of aromatic nitrogens is 1. The molecule has 6 aliphatic rings. The number of carbonyl (C=O) groups excluding carboxylic acids is 5. The van der Waals surface area contributed by atoms with Crippen LogP contribution in [0, 0.1) is 17.8 Å². The van der Waals surface area contributed by atoms with Crippen molar-refractivity contribution >= 4 is 41.4 Å². The van der Waals surface area contributed by atoms with E-state index in [-0.39, 0.29) is 83.0 Å². The van der Waals surface area contributed by atoms with E-state index < -0.39 is 91.0 Å². The van der Waals surface area contributed by atoms with Gasteiger partial charge < -0.3 is 97.3 Å². The van der Waals surface area contributed by atoms with Gasteiger partial charge in [-0.3, -0.25) is 29.3 Å². The van der Waals surface area contributed by atoms with Gasteiger partial charge in [-0.05, 0) is 115 Å². The van der Waals surface area contributed by atoms with E-state index in [0.29, 0.717) is 116 Å². The number of hydrogen-bond donors (Lipinski definition) is 6. The highest BCUT2D eigenvalue weighted by Crippen LogP contribution is 2.57. The maximum atomic E-state index is 14.0. The number of ether oxygens (including phenoxy) is 12. The van der Waals surface area contributed by atoms with Gasteiger partial charge in [0.2, 0.25) is 18.6 Å². The van der Waals surface area contributed by atoms with E-state index >= 15 is 0 Å². The number of nitrogens with one attached hydrogen (secondary N) is 2. The minimum absolute atomic E-state index is 0.0349. The number of carboxylic acid groups (broad SMARTS) is 1. The standard InChI is InChI=1S/C67H86N6O22/c1-38-89-36-53-63(93-38)60(79)61(80)66(94-53)95-62-46-32-52-51(91-37-92-52)31-45(46)58(59-48(62)35-90-65(59)82)40-27-49(84-4)47(50(28-40)85-5)33-56(76)71(2)19-20-72(3)67(83)88-24-14-43(74)30-55(75)70-17-8-21-86-22-10-18-73-34-42-26-44(87-23-9-16-69-54-11-6-7-15-68-54)13-12-39(42)25-41(64(73)81)29-57(77)78/h6-7,11-13,15,26-28,31-32,38,41,48,53,55,58-63,66,70,75,79-80H,8-10,14,16-25,29-30,33-37H2,1-5H3,(H,68,69)(H,77,78)/t38?,41?,48?,53?,55-,58?,59?,60?,61?,62?,63?,66?/m1/s1. The number of aliphatic hydroxyl groups excluding tert-OH is 3. The van der Waals surface area contributed by atoms with Crippen molar-refractivity contribution in [3.8, 4) is 28.7 Å². The quantitative estimate of drug-likeness (QED) is 0.0231. The first-order valence-electron chi connectivity index (χ1n) is 32.2. The van der Waals surface area contributed by atoms with Crippen molar-refractivity contribution < 1.29 is 106 Å². The van der Waals surface area contributed by atoms with Gasteiger partial charge in [0.15, 0.2) is 24.1 Å². The third-order valence-corrected chi connectivity index (χ3v) is 17.9. The summed E-state index contributed by atoms with van der Waals surface area (Å²) < 4.78 is 70.6. The van der Waals surface area contributed by atoms with E-state index in [2.05, 4.69) is 15.6 Å². The first-order valence-corrected chi connectivity index (χ1v) is 32.2. The molecule has 5 aliphatic heterocycles. The predicted molar refractivity (Wildman–Crippen MR) is 334 cm³/mol. The molecule has 95 heavy (non-hydrogen) atoms. The first-order chi connectivity index (χ1) is 45.9. The van der Waals surface area contributed by atoms with Gasteiger partial charge in [0.05, 0.1) is 64.8 Å². The molecule has 0 bridgehead atoms. The topological polar surface area (TPSA) is 341 Å². The van der Waals surface area contributed by atoms with E-state index in [1.54, 1.807) is 49.3 Å². The molecule has 12 atom stereocenters. The molecular weight excluding hydrogens is 1240 g/mol. The van der Waals surface area contributed by atoms with Crippen LogP contribution in [0.15, 0.2) is 66.9 Å². The average Bonchev–Trinajstić information content (AvgIpc) is 1.71. The molecule has 10 rings (SSSR count). The van der Waals surface area contributed by atoms with Crippen molar-refractivity contribution in [3.63, 3.8) is 0 Å². The Labute approximate surface area is 550 Å². The second-order valence-corrected chi connectivity index (χ2v) is 24.5. The van der Waals surface area contributed by atoms with Crippen molar-refractivity contribution in [2.24, 2.45) is 17.8 Å². The Kier molecular flexibility index (Phi) is 24.0. The number of likely N-dealkylation sites (N-methyl/N-ethyl adjacent to an activating group) is 2. The maximum Gasteiger partial charge on any atom is 0.409 e. The van der Waals surface area contributed by atoms with Crippen molar-refractivity contribution in [1.82, 2.24) is 25.0 Å². The molecule has 28 nitrogen and oxygen atoms in total. The van der Waals surface area contributed by atoms with Gasteiger partial charge in [0.1, 0.15) is 66.1 Å². The number of amides is 3. The summed E-state index contributed by atoms with van der Waals surface area (Å²) in [6, 6.07) is 18.4. The monoisotopic (exact) mass is 1330 g/mol. The van der Waals surface area contributed by atoms with Crippen LogP contribution in [0.5, 0.6) is 28.7 Å². The molecule has 1 aliphatic carbocycles. The zero-order chi connectivity index (χ0) is 67.3. The zero-order valence-corrected chi connectivity index (χ0v) is 54.1. The van der Waals surface area contributed by atoms with Crippen molar-refractivity contribution in [3.05, 3.63) is 100 Å². The van der Waals surface area contributed by atoms with Crippen LogP contribution >= 0.6 is 0 Å². The van der Waals surface area contributed by atoms with Crippen LogP contribution in [-0.2, 0) is 76.5 Å². The highest BCUT2D eigenvalue weighted by molar-refractivity contribution is 5.85. The molecule has 28 heteroatoms. The van der Waals surface area contributed by atoms with Crippen LogP contribution in [0.4, 0.5) is 10.6 Å². The molecule has 6 heterocycles. The molecule has 3 fully saturated rings. The molecule has 0 spiro atoms. The molecule has 6 N–H and O–H groups in total. The summed E-state index contributed by atoms with van der Waals surface area (Å²) in [6.07, 6.45) is -6.19. The highest BCUT2D eigenvalue weighted by atomic mass is 16.8. The molecule has 3 amide bonds. The molecule has 3 aromatic carbocycles. The molecule has 4 aromatic rings. The van der Waals surface area contributed by atoms with Crippen molar-refractivity contribution in [1.29, 1.82) is 0 Å². The van der Waals surface area contributed by atoms with Crippen LogP contribution in [0.2, 0.25) is 0 Å². The molecule has 0 radical (unpaired) electrons. The lowest BCUT2D eigenvalue weighted by molar-refractivity contribution is -0.364. The Balaban J connectivity index is 0.636. The second-order valence-electron chi connectivity index (χ2n) is 24.5. The number of Topliss-reactive ketones (excluding diaryl/α,β-unsaturated/α-hetero) is 1. The summed E-state index contributed by atoms with van der Waals surface area (Å²) >= 11 is 0. The Morgan fingerprint density at radius 2 is 1.58 bits per heavy atom. The van der Waals surface area contributed by atoms with Gasteiger partial charge >= 0.3 is 18.0 Å². The third kappa shape index (κ3) is 17.4. The van der Waals surface area contributed by atoms with E-state index in [1.165, 1.54) is 31.1 Å². The van der Waals surface area contributed by atoms with Crippen LogP contribution in [0.3, 0.4) is 0 Å². The number of aliphatic hydroxyl groups is 3. The van der Waals surface area contributed by atoms with E-state index in [9.17, 15) is 49.2 Å². The van der Waals surface area contributed by atoms with E-state index in [0.717, 1.165) is 23.4 Å². The number of carbonyl (C=O) groups is 6. The molecule has 11 unspecified atom stereocenters. The number of anilines is 1. The Bertz CT molecular complexity index is 3300. The molecule has 3 saturated heterocycles. The summed E-state index contributed by atoms with van der Waals surface area (Å²) in [7, 11) is 6.01. The van der Waals surface area contributed by atoms with Crippen LogP contribution in [0.25, 0.3) is 0 Å². The summed E-state index contributed by atoms with van der Waals surface area (Å²) in [5, 5.41) is 48.8. The average molecular weight is 1330 g/mol. The third-order valence-electron chi connectivity index (χ3n) is 17.9. The zero-order valence-electron chi connectivity index (χ0n) is 54.1. The first kappa shape index (κ1) is 69.9. The number of cyclic esters (lactones) is 1. The Morgan fingerprint density at radius 1 is 0.832 bits per heavy atom. The van der Waals surface area contributed by atoms with Crippen LogP contribution in [-0.4, -0.2) is 226 Å².